The Morgan fingerprint density at radius 2 is 1.89 bits per heavy atom. The van der Waals surface area contributed by atoms with Gasteiger partial charge in [-0.1, -0.05) is 22.0 Å². The molecule has 0 saturated heterocycles. The second kappa shape index (κ2) is 7.84. The van der Waals surface area contributed by atoms with Crippen molar-refractivity contribution in [1.29, 1.82) is 0 Å². The number of aromatic nitrogens is 3. The van der Waals surface area contributed by atoms with Crippen LogP contribution in [0, 0.1) is 0 Å². The summed E-state index contributed by atoms with van der Waals surface area (Å²) in [4.78, 5) is 17.0. The Kier molecular flexibility index (Phi) is 5.66. The lowest BCUT2D eigenvalue weighted by atomic mass is 10.2. The Hall–Kier alpha value is -2.52. The topological polar surface area (TPSA) is 93.9 Å². The highest BCUT2D eigenvalue weighted by atomic mass is 79.9. The number of nitrogens with zero attached hydrogens (tertiary/aromatic N) is 3. The fraction of sp³-hybridized carbons (Fsp3) is 0.211. The molecule has 0 atom stereocenters. The van der Waals surface area contributed by atoms with Gasteiger partial charge < -0.3 is 5.32 Å². The third kappa shape index (κ3) is 4.00. The molecule has 7 nitrogen and oxygen atoms in total. The molecule has 0 unspecified atom stereocenters. The van der Waals surface area contributed by atoms with Gasteiger partial charge in [-0.2, -0.15) is 5.10 Å². The second-order valence-electron chi connectivity index (χ2n) is 6.63. The normalized spacial score (nSPS) is 12.0. The predicted octanol–water partition coefficient (Wildman–Crippen LogP) is 2.90. The van der Waals surface area contributed by atoms with Crippen LogP contribution in [0.25, 0.3) is 5.82 Å². The summed E-state index contributed by atoms with van der Waals surface area (Å²) in [6.45, 7) is 2.97. The number of hydrogen-bond acceptors (Lipinski definition) is 5. The van der Waals surface area contributed by atoms with Crippen molar-refractivity contribution in [2.45, 2.75) is 30.0 Å². The maximum absolute atomic E-state index is 12.9. The minimum absolute atomic E-state index is 0.0982. The molecule has 0 saturated carbocycles. The van der Waals surface area contributed by atoms with Gasteiger partial charge in [0.25, 0.3) is 0 Å². The van der Waals surface area contributed by atoms with Gasteiger partial charge >= 0.3 is 0 Å². The van der Waals surface area contributed by atoms with E-state index >= 15 is 0 Å². The molecule has 9 heteroatoms. The summed E-state index contributed by atoms with van der Waals surface area (Å²) in [5, 5.41) is 6.79. The average Bonchev–Trinajstić information content (AvgIpc) is 3.21. The van der Waals surface area contributed by atoms with Crippen molar-refractivity contribution in [3.63, 3.8) is 0 Å². The number of carbonyl (C=O) groups excluding carboxylic acids is 1. The molecule has 28 heavy (non-hydrogen) atoms. The number of hydrogen-bond donors (Lipinski definition) is 1. The lowest BCUT2D eigenvalue weighted by Gasteiger charge is -2.24. The van der Waals surface area contributed by atoms with Crippen molar-refractivity contribution in [3.8, 4) is 5.82 Å². The summed E-state index contributed by atoms with van der Waals surface area (Å²) in [6.07, 6.45) is 5.05. The standard InChI is InChI=1S/C19H19BrN4O3S/c1-19(2,28(26,27)16-7-5-15(20)6-8-16)18(25)22-13-14-4-9-17(21-12-14)24-11-3-10-23-24/h3-12H,13H2,1-2H3,(H,22,25). The molecule has 2 aromatic heterocycles. The van der Waals surface area contributed by atoms with Crippen molar-refractivity contribution < 1.29 is 13.2 Å². The largest absolute Gasteiger partial charge is 0.351 e. The number of amides is 1. The summed E-state index contributed by atoms with van der Waals surface area (Å²) in [7, 11) is -3.86. The van der Waals surface area contributed by atoms with E-state index < -0.39 is 20.5 Å². The first-order valence-electron chi connectivity index (χ1n) is 8.45. The smallest absolute Gasteiger partial charge is 0.241 e. The van der Waals surface area contributed by atoms with E-state index in [0.717, 1.165) is 10.0 Å². The molecule has 0 spiro atoms. The molecule has 1 amide bonds. The number of rotatable bonds is 6. The van der Waals surface area contributed by atoms with Crippen molar-refractivity contribution in [2.75, 3.05) is 0 Å². The van der Waals surface area contributed by atoms with Crippen LogP contribution in [0.3, 0.4) is 0 Å². The van der Waals surface area contributed by atoms with Crippen LogP contribution in [0.5, 0.6) is 0 Å². The van der Waals surface area contributed by atoms with Gasteiger partial charge in [-0.25, -0.2) is 18.1 Å². The van der Waals surface area contributed by atoms with Gasteiger partial charge in [-0.3, -0.25) is 4.79 Å². The van der Waals surface area contributed by atoms with Crippen molar-refractivity contribution in [2.24, 2.45) is 0 Å². The molecular weight excluding hydrogens is 444 g/mol. The highest BCUT2D eigenvalue weighted by Gasteiger charge is 2.42. The number of sulfone groups is 1. The number of carbonyl (C=O) groups is 1. The summed E-state index contributed by atoms with van der Waals surface area (Å²) >= 11 is 3.27. The van der Waals surface area contributed by atoms with E-state index in [2.05, 4.69) is 31.3 Å². The molecule has 2 heterocycles. The number of halogens is 1. The van der Waals surface area contributed by atoms with E-state index in [1.165, 1.54) is 26.0 Å². The zero-order chi connectivity index (χ0) is 20.4. The van der Waals surface area contributed by atoms with Crippen molar-refractivity contribution in [1.82, 2.24) is 20.1 Å². The van der Waals surface area contributed by atoms with Crippen LogP contribution >= 0.6 is 15.9 Å². The van der Waals surface area contributed by atoms with Crippen LogP contribution in [0.1, 0.15) is 19.4 Å². The summed E-state index contributed by atoms with van der Waals surface area (Å²) in [6, 6.07) is 11.6. The summed E-state index contributed by atoms with van der Waals surface area (Å²) < 4.78 is 26.6. The number of benzene rings is 1. The van der Waals surface area contributed by atoms with Crippen molar-refractivity contribution in [3.05, 3.63) is 71.1 Å². The maximum Gasteiger partial charge on any atom is 0.241 e. The Balaban J connectivity index is 1.70. The molecule has 0 aliphatic carbocycles. The van der Waals surface area contributed by atoms with Gasteiger partial charge in [-0.15, -0.1) is 0 Å². The Labute approximate surface area is 171 Å². The van der Waals surface area contributed by atoms with Crippen LogP contribution in [0.2, 0.25) is 0 Å². The molecule has 0 aliphatic heterocycles. The third-order valence-corrected chi connectivity index (χ3v) is 7.29. The highest BCUT2D eigenvalue weighted by molar-refractivity contribution is 9.10. The molecule has 0 aliphatic rings. The molecule has 0 bridgehead atoms. The molecule has 146 valence electrons. The zero-order valence-corrected chi connectivity index (χ0v) is 17.7. The summed E-state index contributed by atoms with van der Waals surface area (Å²) in [5.74, 6) is 0.0739. The van der Waals surface area contributed by atoms with Gasteiger partial charge in [0.15, 0.2) is 15.7 Å². The van der Waals surface area contributed by atoms with E-state index in [0.29, 0.717) is 5.82 Å². The minimum atomic E-state index is -3.86. The predicted molar refractivity (Wildman–Crippen MR) is 109 cm³/mol. The first kappa shape index (κ1) is 20.2. The van der Waals surface area contributed by atoms with Crippen LogP contribution < -0.4 is 5.32 Å². The van der Waals surface area contributed by atoms with Gasteiger partial charge in [0, 0.05) is 29.6 Å². The molecule has 1 N–H and O–H groups in total. The van der Waals surface area contributed by atoms with E-state index in [1.54, 1.807) is 53.6 Å². The zero-order valence-electron chi connectivity index (χ0n) is 15.3. The van der Waals surface area contributed by atoms with Gasteiger partial charge in [0.2, 0.25) is 5.91 Å². The Bertz CT molecular complexity index is 1060. The average molecular weight is 463 g/mol. The van der Waals surface area contributed by atoms with E-state index in [4.69, 9.17) is 0 Å². The Morgan fingerprint density at radius 1 is 1.18 bits per heavy atom. The van der Waals surface area contributed by atoms with Crippen LogP contribution in [-0.2, 0) is 21.2 Å². The van der Waals surface area contributed by atoms with E-state index in [-0.39, 0.29) is 11.4 Å². The minimum Gasteiger partial charge on any atom is -0.351 e. The molecule has 0 radical (unpaired) electrons. The summed E-state index contributed by atoms with van der Waals surface area (Å²) in [5.41, 5.74) is 0.751. The van der Waals surface area contributed by atoms with Gasteiger partial charge in [0.05, 0.1) is 4.90 Å². The highest BCUT2D eigenvalue weighted by Crippen LogP contribution is 2.27. The van der Waals surface area contributed by atoms with E-state index in [1.807, 2.05) is 0 Å². The maximum atomic E-state index is 12.9. The number of nitrogens with one attached hydrogen (secondary N) is 1. The molecule has 3 rings (SSSR count). The van der Waals surface area contributed by atoms with Crippen molar-refractivity contribution >= 4 is 31.7 Å². The Morgan fingerprint density at radius 3 is 2.46 bits per heavy atom. The monoisotopic (exact) mass is 462 g/mol. The molecular formula is C19H19BrN4O3S. The van der Waals surface area contributed by atoms with Gasteiger partial charge in [-0.05, 0) is 55.8 Å². The molecule has 1 aromatic carbocycles. The fourth-order valence-electron chi connectivity index (χ4n) is 2.49. The van der Waals surface area contributed by atoms with Crippen LogP contribution in [0.15, 0.2) is 70.4 Å². The van der Waals surface area contributed by atoms with Crippen LogP contribution in [-0.4, -0.2) is 33.8 Å². The SMILES string of the molecule is CC(C)(C(=O)NCc1ccc(-n2cccn2)nc1)S(=O)(=O)c1ccc(Br)cc1. The van der Waals surface area contributed by atoms with Gasteiger partial charge in [0.1, 0.15) is 4.75 Å². The number of pyridine rings is 1. The molecule has 3 aromatic rings. The third-order valence-electron chi connectivity index (χ3n) is 4.34. The lowest BCUT2D eigenvalue weighted by Crippen LogP contribution is -2.47. The fourth-order valence-corrected chi connectivity index (χ4v) is 4.15. The van der Waals surface area contributed by atoms with E-state index in [9.17, 15) is 13.2 Å². The molecule has 0 fully saturated rings. The first-order chi connectivity index (χ1) is 13.2. The lowest BCUT2D eigenvalue weighted by molar-refractivity contribution is -0.123. The van der Waals surface area contributed by atoms with Crippen LogP contribution in [0.4, 0.5) is 0 Å². The second-order valence-corrected chi connectivity index (χ2v) is 10.0. The first-order valence-corrected chi connectivity index (χ1v) is 10.7. The quantitative estimate of drug-likeness (QED) is 0.607.